The number of likely N-dealkylation sites (tertiary alicyclic amines) is 1. The Morgan fingerprint density at radius 2 is 2.08 bits per heavy atom. The van der Waals surface area contributed by atoms with Gasteiger partial charge in [0.1, 0.15) is 12.4 Å². The molecule has 5 nitrogen and oxygen atoms in total. The third-order valence-electron chi connectivity index (χ3n) is 6.32. The van der Waals surface area contributed by atoms with Crippen molar-refractivity contribution in [2.75, 3.05) is 19.7 Å². The molecule has 6 heteroatoms. The van der Waals surface area contributed by atoms with E-state index in [1.807, 2.05) is 6.07 Å². The Morgan fingerprint density at radius 1 is 1.27 bits per heavy atom. The smallest absolute Gasteiger partial charge is 0.248 e. The molecule has 0 aromatic heterocycles. The lowest BCUT2D eigenvalue weighted by atomic mass is 9.70. The summed E-state index contributed by atoms with van der Waals surface area (Å²) >= 11 is 0. The average Bonchev–Trinajstić information content (AvgIpc) is 2.64. The van der Waals surface area contributed by atoms with Crippen LogP contribution in [0, 0.1) is 17.7 Å². The second-order valence-electron chi connectivity index (χ2n) is 7.87. The molecule has 4 atom stereocenters. The molecule has 3 heterocycles. The van der Waals surface area contributed by atoms with E-state index in [9.17, 15) is 19.1 Å². The number of amides is 2. The summed E-state index contributed by atoms with van der Waals surface area (Å²) in [6, 6.07) is 6.71. The summed E-state index contributed by atoms with van der Waals surface area (Å²) in [5.74, 6) is 0.139. The number of piperidine rings is 3. The van der Waals surface area contributed by atoms with Crippen LogP contribution in [0.25, 0.3) is 0 Å². The SMILES string of the molecule is O=C(CO)N1C[C@H]2C[C@@H](C1)[C@H](Cc1cccc(F)c1)N1C(=O)CCC[C@@H]21. The molecule has 1 N–H and O–H groups in total. The molecule has 3 saturated heterocycles. The summed E-state index contributed by atoms with van der Waals surface area (Å²) in [4.78, 5) is 28.6. The zero-order chi connectivity index (χ0) is 18.3. The highest BCUT2D eigenvalue weighted by atomic mass is 19.1. The van der Waals surface area contributed by atoms with Gasteiger partial charge >= 0.3 is 0 Å². The Labute approximate surface area is 152 Å². The number of benzene rings is 1. The van der Waals surface area contributed by atoms with Crippen molar-refractivity contribution in [3.63, 3.8) is 0 Å². The number of hydrogen-bond donors (Lipinski definition) is 1. The van der Waals surface area contributed by atoms with E-state index >= 15 is 0 Å². The first kappa shape index (κ1) is 17.5. The van der Waals surface area contributed by atoms with Gasteiger partial charge in [-0.2, -0.15) is 0 Å². The topological polar surface area (TPSA) is 60.9 Å². The number of aliphatic hydroxyl groups is 1. The lowest BCUT2D eigenvalue weighted by Gasteiger charge is -2.56. The Morgan fingerprint density at radius 3 is 2.85 bits per heavy atom. The van der Waals surface area contributed by atoms with E-state index in [0.717, 1.165) is 24.8 Å². The molecule has 2 amide bonds. The van der Waals surface area contributed by atoms with E-state index in [-0.39, 0.29) is 41.6 Å². The Kier molecular flexibility index (Phi) is 4.69. The van der Waals surface area contributed by atoms with Crippen molar-refractivity contribution < 1.29 is 19.1 Å². The van der Waals surface area contributed by atoms with Crippen molar-refractivity contribution in [2.24, 2.45) is 11.8 Å². The quantitative estimate of drug-likeness (QED) is 0.891. The number of rotatable bonds is 3. The summed E-state index contributed by atoms with van der Waals surface area (Å²) < 4.78 is 13.6. The van der Waals surface area contributed by atoms with Gasteiger partial charge in [0.25, 0.3) is 0 Å². The molecule has 0 aliphatic carbocycles. The largest absolute Gasteiger partial charge is 0.387 e. The molecule has 140 valence electrons. The minimum Gasteiger partial charge on any atom is -0.387 e. The molecular formula is C20H25FN2O3. The highest BCUT2D eigenvalue weighted by Crippen LogP contribution is 2.42. The van der Waals surface area contributed by atoms with Crippen LogP contribution in [0.2, 0.25) is 0 Å². The van der Waals surface area contributed by atoms with E-state index in [4.69, 9.17) is 0 Å². The number of aliphatic hydroxyl groups excluding tert-OH is 1. The van der Waals surface area contributed by atoms with Gasteiger partial charge in [0, 0.05) is 31.6 Å². The van der Waals surface area contributed by atoms with Crippen molar-refractivity contribution in [3.05, 3.63) is 35.6 Å². The van der Waals surface area contributed by atoms with E-state index < -0.39 is 6.61 Å². The second kappa shape index (κ2) is 6.99. The van der Waals surface area contributed by atoms with E-state index in [1.54, 1.807) is 11.0 Å². The van der Waals surface area contributed by atoms with Crippen LogP contribution in [0.3, 0.4) is 0 Å². The van der Waals surface area contributed by atoms with Crippen molar-refractivity contribution >= 4 is 11.8 Å². The number of carbonyl (C=O) groups is 2. The predicted molar refractivity (Wildman–Crippen MR) is 93.6 cm³/mol. The van der Waals surface area contributed by atoms with E-state index in [0.29, 0.717) is 25.9 Å². The number of halogens is 1. The minimum atomic E-state index is -0.471. The minimum absolute atomic E-state index is 0.0138. The summed E-state index contributed by atoms with van der Waals surface area (Å²) in [5.41, 5.74) is 0.885. The standard InChI is InChI=1S/C20H25FN2O3/c21-16-4-1-3-13(7-16)8-18-15-9-14(10-22(11-15)20(26)12-24)17-5-2-6-19(25)23(17)18/h1,3-4,7,14-15,17-18,24H,2,5-6,8-12H2/t14-,15+,17+,18+/m1/s1. The van der Waals surface area contributed by atoms with Crippen LogP contribution in [0.15, 0.2) is 24.3 Å². The maximum atomic E-state index is 13.6. The Hall–Kier alpha value is -1.95. The molecule has 3 fully saturated rings. The molecule has 26 heavy (non-hydrogen) atoms. The first-order valence-electron chi connectivity index (χ1n) is 9.51. The second-order valence-corrected chi connectivity index (χ2v) is 7.87. The van der Waals surface area contributed by atoms with Gasteiger partial charge in [0.15, 0.2) is 0 Å². The lowest BCUT2D eigenvalue weighted by molar-refractivity contribution is -0.157. The van der Waals surface area contributed by atoms with Gasteiger partial charge in [-0.15, -0.1) is 0 Å². The molecule has 0 unspecified atom stereocenters. The van der Waals surface area contributed by atoms with Crippen molar-refractivity contribution in [1.29, 1.82) is 0 Å². The first-order valence-corrected chi connectivity index (χ1v) is 9.51. The van der Waals surface area contributed by atoms with Crippen molar-refractivity contribution in [2.45, 2.75) is 44.2 Å². The van der Waals surface area contributed by atoms with Crippen molar-refractivity contribution in [3.8, 4) is 0 Å². The Balaban J connectivity index is 1.64. The number of hydrogen-bond acceptors (Lipinski definition) is 3. The van der Waals surface area contributed by atoms with Gasteiger partial charge in [-0.3, -0.25) is 9.59 Å². The number of nitrogens with zero attached hydrogens (tertiary/aromatic N) is 2. The lowest BCUT2D eigenvalue weighted by Crippen LogP contribution is -2.66. The van der Waals surface area contributed by atoms with Crippen LogP contribution in [0.4, 0.5) is 4.39 Å². The van der Waals surface area contributed by atoms with Crippen LogP contribution in [-0.4, -0.2) is 58.5 Å². The highest BCUT2D eigenvalue weighted by molar-refractivity contribution is 5.79. The van der Waals surface area contributed by atoms with Gasteiger partial charge in [0.2, 0.25) is 11.8 Å². The van der Waals surface area contributed by atoms with Crippen LogP contribution in [-0.2, 0) is 16.0 Å². The van der Waals surface area contributed by atoms with Crippen LogP contribution in [0.1, 0.15) is 31.2 Å². The molecule has 0 radical (unpaired) electrons. The monoisotopic (exact) mass is 360 g/mol. The fourth-order valence-corrected chi connectivity index (χ4v) is 5.25. The average molecular weight is 360 g/mol. The molecule has 4 rings (SSSR count). The van der Waals surface area contributed by atoms with Gasteiger partial charge in [-0.25, -0.2) is 4.39 Å². The summed E-state index contributed by atoms with van der Waals surface area (Å²) in [6.45, 7) is 0.713. The van der Waals surface area contributed by atoms with Crippen LogP contribution < -0.4 is 0 Å². The maximum Gasteiger partial charge on any atom is 0.248 e. The summed E-state index contributed by atoms with van der Waals surface area (Å²) in [5, 5.41) is 9.26. The summed E-state index contributed by atoms with van der Waals surface area (Å²) in [6.07, 6.45) is 4.03. The number of fused-ring (bicyclic) bond motifs is 4. The maximum absolute atomic E-state index is 13.6. The molecule has 1 aromatic rings. The third kappa shape index (κ3) is 3.11. The van der Waals surface area contributed by atoms with Crippen molar-refractivity contribution in [1.82, 2.24) is 9.80 Å². The predicted octanol–water partition coefficient (Wildman–Crippen LogP) is 1.59. The van der Waals surface area contributed by atoms with E-state index in [2.05, 4.69) is 4.90 Å². The highest BCUT2D eigenvalue weighted by Gasteiger charge is 2.49. The zero-order valence-electron chi connectivity index (χ0n) is 14.8. The van der Waals surface area contributed by atoms with E-state index in [1.165, 1.54) is 12.1 Å². The van der Waals surface area contributed by atoms with Gasteiger partial charge in [-0.05, 0) is 55.2 Å². The van der Waals surface area contributed by atoms with Crippen LogP contribution >= 0.6 is 0 Å². The first-order chi connectivity index (χ1) is 12.6. The molecule has 1 aromatic carbocycles. The fraction of sp³-hybridized carbons (Fsp3) is 0.600. The van der Waals surface area contributed by atoms with Crippen LogP contribution in [0.5, 0.6) is 0 Å². The Bertz CT molecular complexity index is 710. The molecule has 0 saturated carbocycles. The van der Waals surface area contributed by atoms with Gasteiger partial charge in [0.05, 0.1) is 0 Å². The molecule has 0 spiro atoms. The molecular weight excluding hydrogens is 335 g/mol. The summed E-state index contributed by atoms with van der Waals surface area (Å²) in [7, 11) is 0. The third-order valence-corrected chi connectivity index (χ3v) is 6.32. The number of carbonyl (C=O) groups excluding carboxylic acids is 2. The fourth-order valence-electron chi connectivity index (χ4n) is 5.25. The molecule has 3 aliphatic rings. The normalized spacial score (nSPS) is 30.9. The zero-order valence-corrected chi connectivity index (χ0v) is 14.8. The van der Waals surface area contributed by atoms with Gasteiger partial charge in [-0.1, -0.05) is 12.1 Å². The molecule has 2 bridgehead atoms. The van der Waals surface area contributed by atoms with Gasteiger partial charge < -0.3 is 14.9 Å². The molecule has 3 aliphatic heterocycles.